The molecule has 2 amide bonds. The first-order chi connectivity index (χ1) is 10.2. The summed E-state index contributed by atoms with van der Waals surface area (Å²) in [6, 6.07) is 13.2. The van der Waals surface area contributed by atoms with Crippen molar-refractivity contribution < 1.29 is 4.79 Å². The van der Waals surface area contributed by atoms with Crippen LogP contribution in [0, 0.1) is 0 Å². The molecule has 5 nitrogen and oxygen atoms in total. The Morgan fingerprint density at radius 1 is 1.14 bits per heavy atom. The summed E-state index contributed by atoms with van der Waals surface area (Å²) in [6.45, 7) is 0.478. The summed E-state index contributed by atoms with van der Waals surface area (Å²) in [5, 5.41) is 5.52. The van der Waals surface area contributed by atoms with E-state index in [-0.39, 0.29) is 6.03 Å². The van der Waals surface area contributed by atoms with Gasteiger partial charge in [0.15, 0.2) is 5.82 Å². The molecule has 0 aliphatic heterocycles. The van der Waals surface area contributed by atoms with Crippen LogP contribution in [-0.4, -0.2) is 15.4 Å². The van der Waals surface area contributed by atoms with E-state index in [1.165, 1.54) is 0 Å². The number of amides is 2. The monoisotopic (exact) mass is 344 g/mol. The van der Waals surface area contributed by atoms with Gasteiger partial charge in [0, 0.05) is 17.2 Å². The number of urea groups is 1. The SMILES string of the molecule is O=C(NCc1ccccc1)Nc1cn2cc(Br)ccc2n1. The third-order valence-corrected chi connectivity index (χ3v) is 3.42. The number of pyridine rings is 1. The lowest BCUT2D eigenvalue weighted by atomic mass is 10.2. The molecule has 2 heterocycles. The molecule has 3 aromatic rings. The van der Waals surface area contributed by atoms with Gasteiger partial charge in [0.25, 0.3) is 0 Å². The van der Waals surface area contributed by atoms with Crippen molar-refractivity contribution in [1.29, 1.82) is 0 Å². The van der Waals surface area contributed by atoms with Crippen LogP contribution in [0.5, 0.6) is 0 Å². The molecule has 1 aromatic carbocycles. The summed E-state index contributed by atoms with van der Waals surface area (Å²) in [6.07, 6.45) is 3.65. The summed E-state index contributed by atoms with van der Waals surface area (Å²) in [4.78, 5) is 16.2. The molecule has 0 aliphatic rings. The van der Waals surface area contributed by atoms with Crippen molar-refractivity contribution in [1.82, 2.24) is 14.7 Å². The standard InChI is InChI=1S/C15H13BrN4O/c16-12-6-7-14-18-13(10-20(14)9-12)19-15(21)17-8-11-4-2-1-3-5-11/h1-7,9-10H,8H2,(H2,17,19,21). The predicted octanol–water partition coefficient (Wildman–Crippen LogP) is 3.42. The normalized spacial score (nSPS) is 10.5. The van der Waals surface area contributed by atoms with Crippen LogP contribution in [0.4, 0.5) is 10.6 Å². The average Bonchev–Trinajstić information content (AvgIpc) is 2.87. The van der Waals surface area contributed by atoms with Crippen molar-refractivity contribution in [2.75, 3.05) is 5.32 Å². The fourth-order valence-electron chi connectivity index (χ4n) is 1.96. The minimum atomic E-state index is -0.277. The van der Waals surface area contributed by atoms with Crippen molar-refractivity contribution in [2.45, 2.75) is 6.54 Å². The number of rotatable bonds is 3. The zero-order valence-corrected chi connectivity index (χ0v) is 12.7. The van der Waals surface area contributed by atoms with Crippen LogP contribution in [0.2, 0.25) is 0 Å². The van der Waals surface area contributed by atoms with Crippen molar-refractivity contribution in [3.05, 3.63) is 64.9 Å². The molecule has 2 N–H and O–H groups in total. The van der Waals surface area contributed by atoms with Crippen molar-refractivity contribution in [3.63, 3.8) is 0 Å². The number of aromatic nitrogens is 2. The highest BCUT2D eigenvalue weighted by Gasteiger charge is 2.06. The van der Waals surface area contributed by atoms with E-state index in [4.69, 9.17) is 0 Å². The van der Waals surface area contributed by atoms with Gasteiger partial charge in [0.2, 0.25) is 0 Å². The first-order valence-electron chi connectivity index (χ1n) is 6.44. The van der Waals surface area contributed by atoms with E-state index in [0.29, 0.717) is 12.4 Å². The highest BCUT2D eigenvalue weighted by molar-refractivity contribution is 9.10. The first kappa shape index (κ1) is 13.6. The summed E-state index contributed by atoms with van der Waals surface area (Å²) >= 11 is 3.39. The Morgan fingerprint density at radius 3 is 2.76 bits per heavy atom. The Balaban J connectivity index is 1.63. The number of hydrogen-bond acceptors (Lipinski definition) is 2. The fraction of sp³-hybridized carbons (Fsp3) is 0.0667. The second-order valence-electron chi connectivity index (χ2n) is 4.53. The molecule has 21 heavy (non-hydrogen) atoms. The third-order valence-electron chi connectivity index (χ3n) is 2.95. The molecule has 2 aromatic heterocycles. The highest BCUT2D eigenvalue weighted by Crippen LogP contribution is 2.14. The number of nitrogens with one attached hydrogen (secondary N) is 2. The third kappa shape index (κ3) is 3.41. The lowest BCUT2D eigenvalue weighted by molar-refractivity contribution is 0.251. The second kappa shape index (κ2) is 5.97. The van der Waals surface area contributed by atoms with E-state index >= 15 is 0 Å². The number of carbonyl (C=O) groups is 1. The molecule has 0 spiro atoms. The van der Waals surface area contributed by atoms with Crippen molar-refractivity contribution in [2.24, 2.45) is 0 Å². The molecule has 0 saturated carbocycles. The number of fused-ring (bicyclic) bond motifs is 1. The maximum Gasteiger partial charge on any atom is 0.320 e. The van der Waals surface area contributed by atoms with Crippen LogP contribution in [0.15, 0.2) is 59.3 Å². The molecular weight excluding hydrogens is 332 g/mol. The predicted molar refractivity (Wildman–Crippen MR) is 85.2 cm³/mol. The van der Waals surface area contributed by atoms with E-state index in [1.807, 2.05) is 53.1 Å². The number of hydrogen-bond donors (Lipinski definition) is 2. The zero-order chi connectivity index (χ0) is 14.7. The van der Waals surface area contributed by atoms with Crippen LogP contribution >= 0.6 is 15.9 Å². The molecule has 0 bridgehead atoms. The Labute approximate surface area is 130 Å². The fourth-order valence-corrected chi connectivity index (χ4v) is 2.32. The smallest absolute Gasteiger partial charge is 0.320 e. The van der Waals surface area contributed by atoms with Crippen LogP contribution in [0.25, 0.3) is 5.65 Å². The van der Waals surface area contributed by atoms with Gasteiger partial charge in [-0.15, -0.1) is 0 Å². The van der Waals surface area contributed by atoms with Crippen LogP contribution in [0.3, 0.4) is 0 Å². The molecule has 0 radical (unpaired) electrons. The quantitative estimate of drug-likeness (QED) is 0.764. The molecule has 0 atom stereocenters. The van der Waals surface area contributed by atoms with Gasteiger partial charge < -0.3 is 9.72 Å². The molecule has 0 unspecified atom stereocenters. The van der Waals surface area contributed by atoms with Crippen LogP contribution in [0.1, 0.15) is 5.56 Å². The molecule has 0 fully saturated rings. The van der Waals surface area contributed by atoms with Gasteiger partial charge in [-0.1, -0.05) is 30.3 Å². The number of nitrogens with zero attached hydrogens (tertiary/aromatic N) is 2. The summed E-state index contributed by atoms with van der Waals surface area (Å²) in [5.41, 5.74) is 1.82. The summed E-state index contributed by atoms with van der Waals surface area (Å²) in [5.74, 6) is 0.513. The van der Waals surface area contributed by atoms with Gasteiger partial charge in [0.05, 0.1) is 6.20 Å². The minimum Gasteiger partial charge on any atom is -0.334 e. The highest BCUT2D eigenvalue weighted by atomic mass is 79.9. The maximum atomic E-state index is 11.8. The van der Waals surface area contributed by atoms with E-state index in [9.17, 15) is 4.79 Å². The summed E-state index contributed by atoms with van der Waals surface area (Å²) in [7, 11) is 0. The topological polar surface area (TPSA) is 58.4 Å². The van der Waals surface area contributed by atoms with Gasteiger partial charge in [-0.3, -0.25) is 5.32 Å². The lowest BCUT2D eigenvalue weighted by Gasteiger charge is -2.05. The molecule has 0 saturated heterocycles. The molecule has 0 aliphatic carbocycles. The van der Waals surface area contributed by atoms with Gasteiger partial charge in [-0.25, -0.2) is 9.78 Å². The van der Waals surface area contributed by atoms with Crippen molar-refractivity contribution >= 4 is 33.4 Å². The largest absolute Gasteiger partial charge is 0.334 e. The van der Waals surface area contributed by atoms with E-state index in [2.05, 4.69) is 31.5 Å². The average molecular weight is 345 g/mol. The van der Waals surface area contributed by atoms with E-state index in [0.717, 1.165) is 15.7 Å². The summed E-state index contributed by atoms with van der Waals surface area (Å²) < 4.78 is 2.80. The number of imidazole rings is 1. The molecule has 6 heteroatoms. The zero-order valence-electron chi connectivity index (χ0n) is 11.1. The Bertz CT molecular complexity index is 770. The lowest BCUT2D eigenvalue weighted by Crippen LogP contribution is -2.28. The molecule has 3 rings (SSSR count). The molecule has 106 valence electrons. The van der Waals surface area contributed by atoms with Crippen LogP contribution < -0.4 is 10.6 Å². The van der Waals surface area contributed by atoms with E-state index in [1.54, 1.807) is 6.20 Å². The van der Waals surface area contributed by atoms with Crippen molar-refractivity contribution in [3.8, 4) is 0 Å². The van der Waals surface area contributed by atoms with Gasteiger partial charge in [-0.05, 0) is 33.6 Å². The number of benzene rings is 1. The van der Waals surface area contributed by atoms with Crippen LogP contribution in [-0.2, 0) is 6.54 Å². The van der Waals surface area contributed by atoms with Gasteiger partial charge in [-0.2, -0.15) is 0 Å². The maximum absolute atomic E-state index is 11.8. The van der Waals surface area contributed by atoms with E-state index < -0.39 is 0 Å². The Kier molecular flexibility index (Phi) is 3.87. The molecular formula is C15H13BrN4O. The second-order valence-corrected chi connectivity index (χ2v) is 5.45. The number of carbonyl (C=O) groups excluding carboxylic acids is 1. The minimum absolute atomic E-state index is 0.277. The number of anilines is 1. The van der Waals surface area contributed by atoms with Gasteiger partial charge in [0.1, 0.15) is 5.65 Å². The number of halogens is 1. The van der Waals surface area contributed by atoms with Gasteiger partial charge >= 0.3 is 6.03 Å². The Morgan fingerprint density at radius 2 is 1.95 bits per heavy atom. The first-order valence-corrected chi connectivity index (χ1v) is 7.23. The Hall–Kier alpha value is -2.34.